The summed E-state index contributed by atoms with van der Waals surface area (Å²) >= 11 is 0. The highest BCUT2D eigenvalue weighted by Gasteiger charge is 2.21. The Kier molecular flexibility index (Phi) is 3.96. The van der Waals surface area contributed by atoms with Crippen LogP contribution < -0.4 is 16.2 Å². The molecule has 3 rings (SSSR count). The molecular formula is C13H20N8. The van der Waals surface area contributed by atoms with Crippen LogP contribution in [0.1, 0.15) is 32.1 Å². The first-order valence-corrected chi connectivity index (χ1v) is 7.23. The van der Waals surface area contributed by atoms with Crippen LogP contribution in [0.25, 0.3) is 5.95 Å². The number of nitrogens with one attached hydrogen (secondary N) is 1. The zero-order chi connectivity index (χ0) is 14.7. The number of hydrogen-bond acceptors (Lipinski definition) is 7. The van der Waals surface area contributed by atoms with Crippen LogP contribution in [-0.2, 0) is 0 Å². The van der Waals surface area contributed by atoms with E-state index >= 15 is 0 Å². The predicted molar refractivity (Wildman–Crippen MR) is 80.0 cm³/mol. The van der Waals surface area contributed by atoms with E-state index in [1.54, 1.807) is 17.1 Å². The fraction of sp³-hybridized carbons (Fsp3) is 0.538. The van der Waals surface area contributed by atoms with Gasteiger partial charge in [0.25, 0.3) is 5.95 Å². The van der Waals surface area contributed by atoms with E-state index < -0.39 is 0 Å². The molecule has 0 aliphatic heterocycles. The van der Waals surface area contributed by atoms with E-state index in [4.69, 9.17) is 5.84 Å². The van der Waals surface area contributed by atoms with Crippen molar-refractivity contribution in [1.82, 2.24) is 24.7 Å². The molecule has 0 saturated heterocycles. The highest BCUT2D eigenvalue weighted by Crippen LogP contribution is 2.24. The molecule has 1 fully saturated rings. The lowest BCUT2D eigenvalue weighted by molar-refractivity contribution is 0.424. The van der Waals surface area contributed by atoms with Crippen molar-refractivity contribution in [2.45, 2.75) is 38.1 Å². The van der Waals surface area contributed by atoms with Gasteiger partial charge < -0.3 is 4.90 Å². The maximum Gasteiger partial charge on any atom is 0.257 e. The molecule has 8 heteroatoms. The van der Waals surface area contributed by atoms with Crippen LogP contribution in [0, 0.1) is 0 Å². The minimum absolute atomic E-state index is 0.341. The van der Waals surface area contributed by atoms with E-state index in [1.165, 1.54) is 32.1 Å². The Hall–Kier alpha value is -2.22. The first-order chi connectivity index (χ1) is 10.3. The maximum atomic E-state index is 5.47. The van der Waals surface area contributed by atoms with E-state index in [0.29, 0.717) is 23.9 Å². The van der Waals surface area contributed by atoms with Crippen LogP contribution >= 0.6 is 0 Å². The van der Waals surface area contributed by atoms with Crippen LogP contribution in [0.3, 0.4) is 0 Å². The lowest BCUT2D eigenvalue weighted by Crippen LogP contribution is -2.35. The number of nitrogens with zero attached hydrogens (tertiary/aromatic N) is 6. The fourth-order valence-electron chi connectivity index (χ4n) is 2.70. The summed E-state index contributed by atoms with van der Waals surface area (Å²) in [5.41, 5.74) is 2.50. The van der Waals surface area contributed by atoms with Gasteiger partial charge in [0.05, 0.1) is 0 Å². The van der Waals surface area contributed by atoms with Crippen LogP contribution in [0.4, 0.5) is 11.9 Å². The second-order valence-electron chi connectivity index (χ2n) is 5.26. The average molecular weight is 288 g/mol. The summed E-state index contributed by atoms with van der Waals surface area (Å²) in [4.78, 5) is 15.2. The molecular weight excluding hydrogens is 268 g/mol. The van der Waals surface area contributed by atoms with Crippen LogP contribution in [0.15, 0.2) is 18.5 Å². The third-order valence-electron chi connectivity index (χ3n) is 3.89. The molecule has 1 aliphatic rings. The number of nitrogen functional groups attached to an aromatic ring is 1. The zero-order valence-electron chi connectivity index (χ0n) is 12.1. The van der Waals surface area contributed by atoms with Gasteiger partial charge in [-0.3, -0.25) is 5.43 Å². The highest BCUT2D eigenvalue weighted by molar-refractivity contribution is 5.39. The smallest absolute Gasteiger partial charge is 0.257 e. The summed E-state index contributed by atoms with van der Waals surface area (Å²) in [5, 5.41) is 4.15. The minimum Gasteiger partial charge on any atom is -0.341 e. The summed E-state index contributed by atoms with van der Waals surface area (Å²) in [5.74, 6) is 6.89. The van der Waals surface area contributed by atoms with E-state index in [0.717, 1.165) is 0 Å². The van der Waals surface area contributed by atoms with Gasteiger partial charge in [0.2, 0.25) is 11.9 Å². The molecule has 8 nitrogen and oxygen atoms in total. The van der Waals surface area contributed by atoms with E-state index in [2.05, 4.69) is 30.4 Å². The van der Waals surface area contributed by atoms with Gasteiger partial charge in [0, 0.05) is 25.5 Å². The van der Waals surface area contributed by atoms with Gasteiger partial charge in [0.1, 0.15) is 0 Å². The van der Waals surface area contributed by atoms with Gasteiger partial charge in [-0.25, -0.2) is 10.5 Å². The third-order valence-corrected chi connectivity index (χ3v) is 3.89. The third kappa shape index (κ3) is 2.94. The number of hydrazine groups is 1. The molecule has 2 heterocycles. The molecule has 0 aromatic carbocycles. The molecule has 1 aliphatic carbocycles. The van der Waals surface area contributed by atoms with Gasteiger partial charge in [-0.05, 0) is 18.9 Å². The molecule has 0 amide bonds. The summed E-state index contributed by atoms with van der Waals surface area (Å²) in [6.45, 7) is 0. The summed E-state index contributed by atoms with van der Waals surface area (Å²) in [6.07, 6.45) is 9.65. The number of aromatic nitrogens is 5. The molecule has 0 unspecified atom stereocenters. The summed E-state index contributed by atoms with van der Waals surface area (Å²) in [6, 6.07) is 2.29. The number of hydrogen-bond donors (Lipinski definition) is 2. The largest absolute Gasteiger partial charge is 0.341 e. The molecule has 2 aromatic heterocycles. The lowest BCUT2D eigenvalue weighted by Gasteiger charge is -2.31. The molecule has 1 saturated carbocycles. The van der Waals surface area contributed by atoms with Crippen molar-refractivity contribution in [2.75, 3.05) is 17.4 Å². The lowest BCUT2D eigenvalue weighted by atomic mass is 9.95. The number of rotatable bonds is 4. The Balaban J connectivity index is 1.91. The molecule has 21 heavy (non-hydrogen) atoms. The molecule has 3 N–H and O–H groups in total. The van der Waals surface area contributed by atoms with Gasteiger partial charge in [-0.1, -0.05) is 19.3 Å². The van der Waals surface area contributed by atoms with Crippen molar-refractivity contribution in [3.8, 4) is 5.95 Å². The van der Waals surface area contributed by atoms with E-state index in [1.807, 2.05) is 13.1 Å². The van der Waals surface area contributed by atoms with Crippen molar-refractivity contribution in [3.63, 3.8) is 0 Å². The molecule has 0 radical (unpaired) electrons. The van der Waals surface area contributed by atoms with E-state index in [-0.39, 0.29) is 0 Å². The van der Waals surface area contributed by atoms with E-state index in [9.17, 15) is 0 Å². The first kappa shape index (κ1) is 13.7. The summed E-state index contributed by atoms with van der Waals surface area (Å²) < 4.78 is 1.60. The topological polar surface area (TPSA) is 97.8 Å². The minimum atomic E-state index is 0.341. The van der Waals surface area contributed by atoms with Crippen LogP contribution in [-0.4, -0.2) is 37.8 Å². The highest BCUT2D eigenvalue weighted by atomic mass is 15.4. The Morgan fingerprint density at radius 2 is 2.05 bits per heavy atom. The quantitative estimate of drug-likeness (QED) is 0.642. The predicted octanol–water partition coefficient (Wildman–Crippen LogP) is 1.11. The van der Waals surface area contributed by atoms with Crippen molar-refractivity contribution < 1.29 is 0 Å². The Bertz CT molecular complexity index is 576. The maximum absolute atomic E-state index is 5.47. The second-order valence-corrected chi connectivity index (χ2v) is 5.26. The molecule has 0 spiro atoms. The van der Waals surface area contributed by atoms with Crippen LogP contribution in [0.5, 0.6) is 0 Å². The Morgan fingerprint density at radius 1 is 1.24 bits per heavy atom. The molecule has 0 atom stereocenters. The monoisotopic (exact) mass is 288 g/mol. The van der Waals surface area contributed by atoms with Crippen molar-refractivity contribution in [2.24, 2.45) is 5.84 Å². The average Bonchev–Trinajstić information content (AvgIpc) is 3.09. The van der Waals surface area contributed by atoms with Crippen molar-refractivity contribution in [1.29, 1.82) is 0 Å². The number of nitrogens with two attached hydrogens (primary N) is 1. The SMILES string of the molecule is CN(c1nc(NN)nc(-n2cccn2)n1)C1CCCCC1. The molecule has 112 valence electrons. The molecule has 2 aromatic rings. The number of anilines is 2. The Morgan fingerprint density at radius 3 is 2.71 bits per heavy atom. The normalized spacial score (nSPS) is 15.9. The summed E-state index contributed by atoms with van der Waals surface area (Å²) in [7, 11) is 2.03. The van der Waals surface area contributed by atoms with Gasteiger partial charge in [-0.2, -0.15) is 20.1 Å². The standard InChI is InChI=1S/C13H20N8/c1-20(10-6-3-2-4-7-10)12-16-11(19-14)17-13(18-12)21-9-5-8-15-21/h5,8-10H,2-4,6-7,14H2,1H3,(H,16,17,18,19). The molecule has 0 bridgehead atoms. The van der Waals surface area contributed by atoms with Gasteiger partial charge in [0.15, 0.2) is 0 Å². The fourth-order valence-corrected chi connectivity index (χ4v) is 2.70. The second kappa shape index (κ2) is 6.04. The van der Waals surface area contributed by atoms with Gasteiger partial charge >= 0.3 is 0 Å². The van der Waals surface area contributed by atoms with Crippen LogP contribution in [0.2, 0.25) is 0 Å². The van der Waals surface area contributed by atoms with Crippen molar-refractivity contribution >= 4 is 11.9 Å². The Labute approximate surface area is 123 Å². The zero-order valence-corrected chi connectivity index (χ0v) is 12.1. The first-order valence-electron chi connectivity index (χ1n) is 7.23. The van der Waals surface area contributed by atoms with Gasteiger partial charge in [-0.15, -0.1) is 0 Å². The van der Waals surface area contributed by atoms with Crippen molar-refractivity contribution in [3.05, 3.63) is 18.5 Å².